The molecule has 0 aliphatic carbocycles. The predicted molar refractivity (Wildman–Crippen MR) is 53.3 cm³/mol. The van der Waals surface area contributed by atoms with Crippen LogP contribution in [0.1, 0.15) is 30.1 Å². The van der Waals surface area contributed by atoms with Crippen LogP contribution >= 0.6 is 0 Å². The minimum absolute atomic E-state index is 0.239. The summed E-state index contributed by atoms with van der Waals surface area (Å²) < 4.78 is 17.9. The van der Waals surface area contributed by atoms with Gasteiger partial charge in [-0.25, -0.2) is 9.18 Å². The maximum atomic E-state index is 13.1. The predicted octanol–water partition coefficient (Wildman–Crippen LogP) is 2.49. The van der Waals surface area contributed by atoms with Gasteiger partial charge in [0, 0.05) is 0 Å². The molecule has 0 aliphatic heterocycles. The van der Waals surface area contributed by atoms with Crippen LogP contribution in [0.5, 0.6) is 5.75 Å². The van der Waals surface area contributed by atoms with E-state index < -0.39 is 23.1 Å². The number of phenols is 1. The number of aromatic hydroxyl groups is 1. The zero-order chi connectivity index (χ0) is 11.3. The third-order valence-electron chi connectivity index (χ3n) is 1.93. The Morgan fingerprint density at radius 1 is 1.53 bits per heavy atom. The lowest BCUT2D eigenvalue weighted by atomic mass is 10.2. The summed E-state index contributed by atoms with van der Waals surface area (Å²) in [4.78, 5) is 11.3. The molecule has 0 spiro atoms. The minimum Gasteiger partial charge on any atom is -0.507 e. The number of hydrogen-bond donors (Lipinski definition) is 1. The van der Waals surface area contributed by atoms with Gasteiger partial charge in [0.25, 0.3) is 0 Å². The van der Waals surface area contributed by atoms with Crippen LogP contribution in [0.3, 0.4) is 0 Å². The monoisotopic (exact) mass is 212 g/mol. The highest BCUT2D eigenvalue weighted by atomic mass is 19.1. The van der Waals surface area contributed by atoms with Crippen molar-refractivity contribution in [1.29, 1.82) is 0 Å². The number of esters is 1. The summed E-state index contributed by atoms with van der Waals surface area (Å²) in [6.07, 6.45) is 1.61. The van der Waals surface area contributed by atoms with Gasteiger partial charge in [0.2, 0.25) is 0 Å². The van der Waals surface area contributed by atoms with Gasteiger partial charge in [0.1, 0.15) is 17.1 Å². The maximum absolute atomic E-state index is 13.1. The van der Waals surface area contributed by atoms with Crippen LogP contribution < -0.4 is 0 Å². The average molecular weight is 212 g/mol. The summed E-state index contributed by atoms with van der Waals surface area (Å²) in [5.41, 5.74) is -0.395. The SMILES string of the molecule is CCCCOC(=O)c1c(O)cccc1F. The fraction of sp³-hybridized carbons (Fsp3) is 0.364. The lowest BCUT2D eigenvalue weighted by molar-refractivity contribution is 0.0491. The van der Waals surface area contributed by atoms with E-state index >= 15 is 0 Å². The van der Waals surface area contributed by atoms with E-state index in [9.17, 15) is 14.3 Å². The highest BCUT2D eigenvalue weighted by molar-refractivity contribution is 5.92. The van der Waals surface area contributed by atoms with E-state index in [2.05, 4.69) is 0 Å². The molecule has 0 bridgehead atoms. The normalized spacial score (nSPS) is 10.0. The molecule has 0 saturated heterocycles. The number of benzene rings is 1. The van der Waals surface area contributed by atoms with Crippen LogP contribution in [-0.2, 0) is 4.74 Å². The fourth-order valence-electron chi connectivity index (χ4n) is 1.10. The standard InChI is InChI=1S/C11H13FO3/c1-2-3-7-15-11(14)10-8(12)5-4-6-9(10)13/h4-6,13H,2-3,7H2,1H3. The van der Waals surface area contributed by atoms with Crippen molar-refractivity contribution in [3.8, 4) is 5.75 Å². The number of halogens is 1. The molecule has 0 unspecified atom stereocenters. The Kier molecular flexibility index (Phi) is 4.09. The second kappa shape index (κ2) is 5.34. The van der Waals surface area contributed by atoms with Crippen LogP contribution in [0.25, 0.3) is 0 Å². The second-order valence-corrected chi connectivity index (χ2v) is 3.12. The Labute approximate surface area is 87.5 Å². The topological polar surface area (TPSA) is 46.5 Å². The summed E-state index contributed by atoms with van der Waals surface area (Å²) in [7, 11) is 0. The van der Waals surface area contributed by atoms with E-state index in [-0.39, 0.29) is 6.61 Å². The van der Waals surface area contributed by atoms with Crippen LogP contribution in [0, 0.1) is 5.82 Å². The molecule has 0 saturated carbocycles. The summed E-state index contributed by atoms with van der Waals surface area (Å²) in [5, 5.41) is 9.28. The van der Waals surface area contributed by atoms with Crippen LogP contribution in [0.15, 0.2) is 18.2 Å². The molecule has 0 aromatic heterocycles. The van der Waals surface area contributed by atoms with E-state index in [0.717, 1.165) is 18.9 Å². The summed E-state index contributed by atoms with van der Waals surface area (Å²) >= 11 is 0. The zero-order valence-corrected chi connectivity index (χ0v) is 8.50. The fourth-order valence-corrected chi connectivity index (χ4v) is 1.10. The molecule has 3 nitrogen and oxygen atoms in total. The molecule has 1 aromatic carbocycles. The molecule has 0 aliphatic rings. The summed E-state index contributed by atoms with van der Waals surface area (Å²) in [6.45, 7) is 2.19. The van der Waals surface area contributed by atoms with Gasteiger partial charge in [-0.3, -0.25) is 0 Å². The molecule has 0 atom stereocenters. The molecule has 1 rings (SSSR count). The van der Waals surface area contributed by atoms with Gasteiger partial charge in [0.05, 0.1) is 6.61 Å². The highest BCUT2D eigenvalue weighted by Crippen LogP contribution is 2.20. The molecular weight excluding hydrogens is 199 g/mol. The highest BCUT2D eigenvalue weighted by Gasteiger charge is 2.17. The first-order valence-electron chi connectivity index (χ1n) is 4.81. The van der Waals surface area contributed by atoms with Crippen molar-refractivity contribution in [3.05, 3.63) is 29.6 Å². The van der Waals surface area contributed by atoms with Crippen molar-refractivity contribution in [2.24, 2.45) is 0 Å². The molecule has 1 N–H and O–H groups in total. The summed E-state index contributed by atoms with van der Waals surface area (Å²) in [6, 6.07) is 3.68. The lowest BCUT2D eigenvalue weighted by Gasteiger charge is -2.06. The molecule has 0 radical (unpaired) electrons. The quantitative estimate of drug-likeness (QED) is 0.616. The van der Waals surface area contributed by atoms with Crippen molar-refractivity contribution in [3.63, 3.8) is 0 Å². The molecule has 0 amide bonds. The first-order chi connectivity index (χ1) is 7.16. The van der Waals surface area contributed by atoms with Gasteiger partial charge in [-0.2, -0.15) is 0 Å². The van der Waals surface area contributed by atoms with Gasteiger partial charge in [-0.1, -0.05) is 19.4 Å². The largest absolute Gasteiger partial charge is 0.507 e. The number of ether oxygens (including phenoxy) is 1. The van der Waals surface area contributed by atoms with E-state index in [0.29, 0.717) is 0 Å². The Hall–Kier alpha value is -1.58. The third-order valence-corrected chi connectivity index (χ3v) is 1.93. The van der Waals surface area contributed by atoms with Crippen LogP contribution in [0.2, 0.25) is 0 Å². The molecule has 4 heteroatoms. The van der Waals surface area contributed by atoms with Gasteiger partial charge in [-0.15, -0.1) is 0 Å². The third kappa shape index (κ3) is 2.94. The van der Waals surface area contributed by atoms with Gasteiger partial charge in [-0.05, 0) is 18.6 Å². The molecule has 0 fully saturated rings. The number of phenolic OH excluding ortho intramolecular Hbond substituents is 1. The average Bonchev–Trinajstić information content (AvgIpc) is 2.18. The smallest absolute Gasteiger partial charge is 0.344 e. The molecule has 1 aromatic rings. The van der Waals surface area contributed by atoms with Crippen LogP contribution in [0.4, 0.5) is 4.39 Å². The van der Waals surface area contributed by atoms with Gasteiger partial charge in [0.15, 0.2) is 0 Å². The molecular formula is C11H13FO3. The first-order valence-corrected chi connectivity index (χ1v) is 4.81. The van der Waals surface area contributed by atoms with Crippen molar-refractivity contribution < 1.29 is 19.0 Å². The van der Waals surface area contributed by atoms with Crippen LogP contribution in [-0.4, -0.2) is 17.7 Å². The maximum Gasteiger partial charge on any atom is 0.344 e. The van der Waals surface area contributed by atoms with E-state index in [1.54, 1.807) is 0 Å². The number of carbonyl (C=O) groups excluding carboxylic acids is 1. The number of hydrogen-bond acceptors (Lipinski definition) is 3. The Morgan fingerprint density at radius 2 is 2.27 bits per heavy atom. The number of rotatable bonds is 4. The molecule has 0 heterocycles. The van der Waals surface area contributed by atoms with Crippen molar-refractivity contribution in [1.82, 2.24) is 0 Å². The van der Waals surface area contributed by atoms with Crippen molar-refractivity contribution in [2.45, 2.75) is 19.8 Å². The van der Waals surface area contributed by atoms with Gasteiger partial charge < -0.3 is 9.84 Å². The van der Waals surface area contributed by atoms with Crippen molar-refractivity contribution in [2.75, 3.05) is 6.61 Å². The van der Waals surface area contributed by atoms with E-state index in [4.69, 9.17) is 4.74 Å². The van der Waals surface area contributed by atoms with E-state index in [1.807, 2.05) is 6.92 Å². The summed E-state index contributed by atoms with van der Waals surface area (Å²) in [5.74, 6) is -1.98. The van der Waals surface area contributed by atoms with Gasteiger partial charge >= 0.3 is 5.97 Å². The first kappa shape index (κ1) is 11.5. The number of unbranched alkanes of at least 4 members (excludes halogenated alkanes) is 1. The Morgan fingerprint density at radius 3 is 2.87 bits per heavy atom. The second-order valence-electron chi connectivity index (χ2n) is 3.12. The molecule has 15 heavy (non-hydrogen) atoms. The Balaban J connectivity index is 2.73. The van der Waals surface area contributed by atoms with E-state index in [1.165, 1.54) is 12.1 Å². The van der Waals surface area contributed by atoms with Crippen molar-refractivity contribution >= 4 is 5.97 Å². The minimum atomic E-state index is -0.820. The lowest BCUT2D eigenvalue weighted by Crippen LogP contribution is -2.08. The molecule has 82 valence electrons. The zero-order valence-electron chi connectivity index (χ0n) is 8.50. The Bertz CT molecular complexity index is 329. The number of carbonyl (C=O) groups is 1.